The predicted molar refractivity (Wildman–Crippen MR) is 115 cm³/mol. The average Bonchev–Trinajstić information content (AvgIpc) is 3.16. The molecule has 1 saturated heterocycles. The molecule has 6 nitrogen and oxygen atoms in total. The Kier molecular flexibility index (Phi) is 6.37. The number of halogens is 4. The van der Waals surface area contributed by atoms with Gasteiger partial charge in [0.1, 0.15) is 5.82 Å². The Labute approximate surface area is 195 Å². The fourth-order valence-electron chi connectivity index (χ4n) is 5.30. The molecule has 34 heavy (non-hydrogen) atoms. The lowest BCUT2D eigenvalue weighted by Gasteiger charge is -2.44. The molecule has 0 radical (unpaired) electrons. The van der Waals surface area contributed by atoms with E-state index in [-0.39, 0.29) is 37.5 Å². The average molecular weight is 481 g/mol. The number of carbonyl (C=O) groups is 1. The van der Waals surface area contributed by atoms with Gasteiger partial charge in [0.05, 0.1) is 32.0 Å². The lowest BCUT2D eigenvalue weighted by Crippen LogP contribution is -2.50. The highest BCUT2D eigenvalue weighted by molar-refractivity contribution is 5.77. The van der Waals surface area contributed by atoms with Crippen molar-refractivity contribution in [1.82, 2.24) is 19.6 Å². The summed E-state index contributed by atoms with van der Waals surface area (Å²) >= 11 is 0. The van der Waals surface area contributed by atoms with E-state index in [0.29, 0.717) is 29.6 Å². The van der Waals surface area contributed by atoms with E-state index in [2.05, 4.69) is 10.00 Å². The van der Waals surface area contributed by atoms with Gasteiger partial charge in [-0.15, -0.1) is 0 Å². The van der Waals surface area contributed by atoms with Gasteiger partial charge in [-0.1, -0.05) is 12.1 Å². The van der Waals surface area contributed by atoms with Crippen molar-refractivity contribution >= 4 is 5.91 Å². The molecule has 3 heterocycles. The van der Waals surface area contributed by atoms with Gasteiger partial charge in [-0.2, -0.15) is 18.3 Å². The molecule has 0 unspecified atom stereocenters. The number of ether oxygens (including phenoxy) is 1. The molecule has 5 rings (SSSR count). The molecular weight excluding hydrogens is 452 g/mol. The predicted octanol–water partition coefficient (Wildman–Crippen LogP) is 3.47. The normalized spacial score (nSPS) is 23.5. The fraction of sp³-hybridized carbons (Fsp3) is 0.583. The lowest BCUT2D eigenvalue weighted by molar-refractivity contribution is -0.142. The molecule has 1 aliphatic carbocycles. The van der Waals surface area contributed by atoms with E-state index >= 15 is 0 Å². The highest BCUT2D eigenvalue weighted by atomic mass is 19.4. The van der Waals surface area contributed by atoms with E-state index in [1.807, 2.05) is 0 Å². The minimum atomic E-state index is -4.56. The summed E-state index contributed by atoms with van der Waals surface area (Å²) in [5, 5.41) is 3.87. The van der Waals surface area contributed by atoms with Crippen LogP contribution in [0, 0.1) is 11.7 Å². The van der Waals surface area contributed by atoms with Gasteiger partial charge in [-0.05, 0) is 42.9 Å². The van der Waals surface area contributed by atoms with Crippen molar-refractivity contribution in [2.45, 2.75) is 51.0 Å². The first-order chi connectivity index (χ1) is 16.3. The number of nitrogens with zero attached hydrogens (tertiary/aromatic N) is 4. The summed E-state index contributed by atoms with van der Waals surface area (Å²) in [6.07, 6.45) is -2.06. The molecule has 1 saturated carbocycles. The number of amides is 1. The standard InChI is InChI=1S/C24H28F4N4O2/c25-18-3-1-16(2-4-18)14-32-21-15-31(6-5-20(21)23(29-32)24(26,27)28)22(33)13-17-11-19(12-17)30-7-9-34-10-8-30/h1-4,17,19H,5-15H2. The van der Waals surface area contributed by atoms with Gasteiger partial charge < -0.3 is 9.64 Å². The maximum absolute atomic E-state index is 13.6. The zero-order chi connectivity index (χ0) is 23.9. The molecule has 3 aliphatic rings. The first-order valence-electron chi connectivity index (χ1n) is 11.8. The van der Waals surface area contributed by atoms with Gasteiger partial charge in [0.15, 0.2) is 5.69 Å². The van der Waals surface area contributed by atoms with Gasteiger partial charge in [-0.3, -0.25) is 14.4 Å². The van der Waals surface area contributed by atoms with Crippen molar-refractivity contribution in [2.75, 3.05) is 32.8 Å². The number of alkyl halides is 3. The second kappa shape index (κ2) is 9.30. The van der Waals surface area contributed by atoms with Crippen LogP contribution in [0.15, 0.2) is 24.3 Å². The number of hydrogen-bond donors (Lipinski definition) is 0. The SMILES string of the molecule is O=C(CC1CC(N2CCOCC2)C1)N1CCc2c(C(F)(F)F)nn(Cc3ccc(F)cc3)c2C1. The monoisotopic (exact) mass is 480 g/mol. The van der Waals surface area contributed by atoms with Gasteiger partial charge in [0.25, 0.3) is 0 Å². The molecule has 2 fully saturated rings. The number of carbonyl (C=O) groups excluding carboxylic acids is 1. The largest absolute Gasteiger partial charge is 0.435 e. The minimum absolute atomic E-state index is 0.0147. The Bertz CT molecular complexity index is 1020. The summed E-state index contributed by atoms with van der Waals surface area (Å²) in [4.78, 5) is 17.1. The zero-order valence-corrected chi connectivity index (χ0v) is 18.9. The van der Waals surface area contributed by atoms with E-state index in [9.17, 15) is 22.4 Å². The van der Waals surface area contributed by atoms with Crippen LogP contribution in [-0.4, -0.2) is 64.4 Å². The first kappa shape index (κ1) is 23.3. The number of benzene rings is 1. The Morgan fingerprint density at radius 1 is 1.09 bits per heavy atom. The maximum atomic E-state index is 13.6. The second-order valence-electron chi connectivity index (χ2n) is 9.46. The van der Waals surface area contributed by atoms with Crippen LogP contribution in [0.25, 0.3) is 0 Å². The molecular formula is C24H28F4N4O2. The molecule has 1 aromatic heterocycles. The molecule has 1 aromatic carbocycles. The van der Waals surface area contributed by atoms with Crippen LogP contribution in [0.1, 0.15) is 41.8 Å². The Morgan fingerprint density at radius 2 is 1.79 bits per heavy atom. The molecule has 0 spiro atoms. The van der Waals surface area contributed by atoms with Crippen molar-refractivity contribution in [1.29, 1.82) is 0 Å². The minimum Gasteiger partial charge on any atom is -0.379 e. The summed E-state index contributed by atoms with van der Waals surface area (Å²) in [5.41, 5.74) is 0.335. The fourth-order valence-corrected chi connectivity index (χ4v) is 5.30. The van der Waals surface area contributed by atoms with Crippen molar-refractivity contribution in [2.24, 2.45) is 5.92 Å². The number of rotatable bonds is 5. The van der Waals surface area contributed by atoms with Crippen LogP contribution < -0.4 is 0 Å². The van der Waals surface area contributed by atoms with E-state index in [0.717, 1.165) is 39.1 Å². The highest BCUT2D eigenvalue weighted by Gasteiger charge is 2.41. The highest BCUT2D eigenvalue weighted by Crippen LogP contribution is 2.37. The van der Waals surface area contributed by atoms with Crippen LogP contribution in [-0.2, 0) is 35.2 Å². The maximum Gasteiger partial charge on any atom is 0.435 e. The molecule has 2 aliphatic heterocycles. The summed E-state index contributed by atoms with van der Waals surface area (Å²) < 4.78 is 60.9. The van der Waals surface area contributed by atoms with Crippen LogP contribution in [0.3, 0.4) is 0 Å². The Balaban J connectivity index is 1.26. The molecule has 0 bridgehead atoms. The molecule has 2 aromatic rings. The lowest BCUT2D eigenvalue weighted by atomic mass is 9.77. The van der Waals surface area contributed by atoms with Crippen molar-refractivity contribution in [3.63, 3.8) is 0 Å². The summed E-state index contributed by atoms with van der Waals surface area (Å²) in [7, 11) is 0. The zero-order valence-electron chi connectivity index (χ0n) is 18.9. The van der Waals surface area contributed by atoms with Gasteiger partial charge in [0, 0.05) is 37.7 Å². The third kappa shape index (κ3) is 4.84. The molecule has 0 N–H and O–H groups in total. The molecule has 1 amide bonds. The smallest absolute Gasteiger partial charge is 0.379 e. The number of fused-ring (bicyclic) bond motifs is 1. The molecule has 10 heteroatoms. The van der Waals surface area contributed by atoms with Gasteiger partial charge in [-0.25, -0.2) is 4.39 Å². The van der Waals surface area contributed by atoms with Crippen LogP contribution >= 0.6 is 0 Å². The van der Waals surface area contributed by atoms with Crippen molar-refractivity contribution in [3.8, 4) is 0 Å². The topological polar surface area (TPSA) is 50.6 Å². The first-order valence-corrected chi connectivity index (χ1v) is 11.8. The third-order valence-corrected chi connectivity index (χ3v) is 7.24. The summed E-state index contributed by atoms with van der Waals surface area (Å²) in [6, 6.07) is 6.11. The van der Waals surface area contributed by atoms with Gasteiger partial charge >= 0.3 is 6.18 Å². The van der Waals surface area contributed by atoms with Crippen LogP contribution in [0.2, 0.25) is 0 Å². The third-order valence-electron chi connectivity index (χ3n) is 7.24. The van der Waals surface area contributed by atoms with Crippen molar-refractivity contribution < 1.29 is 27.1 Å². The summed E-state index contributed by atoms with van der Waals surface area (Å²) in [5.74, 6) is -0.110. The van der Waals surface area contributed by atoms with E-state index in [4.69, 9.17) is 4.74 Å². The van der Waals surface area contributed by atoms with Crippen LogP contribution in [0.5, 0.6) is 0 Å². The van der Waals surface area contributed by atoms with Crippen LogP contribution in [0.4, 0.5) is 17.6 Å². The van der Waals surface area contributed by atoms with E-state index in [1.54, 1.807) is 4.90 Å². The number of hydrogen-bond acceptors (Lipinski definition) is 4. The Morgan fingerprint density at radius 3 is 2.47 bits per heavy atom. The molecule has 0 atom stereocenters. The number of aromatic nitrogens is 2. The molecule has 184 valence electrons. The summed E-state index contributed by atoms with van der Waals surface area (Å²) in [6.45, 7) is 3.82. The van der Waals surface area contributed by atoms with Gasteiger partial charge in [0.2, 0.25) is 5.91 Å². The van der Waals surface area contributed by atoms with E-state index in [1.165, 1.54) is 28.9 Å². The second-order valence-corrected chi connectivity index (χ2v) is 9.46. The number of morpholine rings is 1. The Hall–Kier alpha value is -2.46. The quantitative estimate of drug-likeness (QED) is 0.615. The van der Waals surface area contributed by atoms with E-state index < -0.39 is 17.7 Å². The van der Waals surface area contributed by atoms with Crippen molar-refractivity contribution in [3.05, 3.63) is 52.6 Å².